The van der Waals surface area contributed by atoms with Crippen LogP contribution in [0.1, 0.15) is 0 Å². The maximum absolute atomic E-state index is 6.12. The van der Waals surface area contributed by atoms with E-state index in [1.807, 2.05) is 0 Å². The van der Waals surface area contributed by atoms with Gasteiger partial charge in [0.05, 0.1) is 0 Å². The first-order chi connectivity index (χ1) is 2.91. The van der Waals surface area contributed by atoms with Crippen molar-refractivity contribution >= 4 is 9.92 Å². The Bertz CT molecular complexity index is 85.1. The van der Waals surface area contributed by atoms with Crippen molar-refractivity contribution in [1.82, 2.24) is 0 Å². The second kappa shape index (κ2) is 4.00. The Kier molecular flexibility index (Phi) is 3.33. The zero-order chi connectivity index (χ0) is 4.83. The Morgan fingerprint density at radius 3 is 2.33 bits per heavy atom. The van der Waals surface area contributed by atoms with Gasteiger partial charge in [-0.15, -0.1) is 0 Å². The summed E-state index contributed by atoms with van der Waals surface area (Å²) in [5.41, 5.74) is 0. The summed E-state index contributed by atoms with van der Waals surface area (Å²) in [7, 11) is -1.14. The van der Waals surface area contributed by atoms with Crippen molar-refractivity contribution in [3.05, 3.63) is 22.7 Å². The monoisotopic (exact) mass is 98.0 g/mol. The number of nitrogens with zero attached hydrogens (tertiary/aromatic N) is 2. The molecule has 0 saturated heterocycles. The highest BCUT2D eigenvalue weighted by Gasteiger charge is 1.87. The molecule has 0 radical (unpaired) electrons. The van der Waals surface area contributed by atoms with E-state index in [9.17, 15) is 0 Å². The second-order valence-electron chi connectivity index (χ2n) is 0.508. The fourth-order valence-corrected chi connectivity index (χ4v) is 0.173. The van der Waals surface area contributed by atoms with Crippen LogP contribution in [0.15, 0.2) is 0 Å². The predicted octanol–water partition coefficient (Wildman–Crippen LogP) is -0.245. The third-order valence-corrected chi connectivity index (χ3v) is 0.561. The van der Waals surface area contributed by atoms with E-state index in [1.54, 1.807) is 0 Å². The van der Waals surface area contributed by atoms with Crippen molar-refractivity contribution in [3.63, 3.8) is 0 Å². The van der Waals surface area contributed by atoms with Gasteiger partial charge in [0, 0.05) is 0 Å². The van der Waals surface area contributed by atoms with Crippen molar-refractivity contribution in [2.24, 2.45) is 0 Å². The predicted molar refractivity (Wildman–Crippen MR) is 22.8 cm³/mol. The lowest BCUT2D eigenvalue weighted by Gasteiger charge is -1.64. The summed E-state index contributed by atoms with van der Waals surface area (Å²) in [6, 6.07) is 0. The van der Waals surface area contributed by atoms with Gasteiger partial charge in [0.1, 0.15) is 0 Å². The van der Waals surface area contributed by atoms with Gasteiger partial charge in [-0.3, -0.25) is 6.57 Å². The molecule has 0 N–H and O–H groups in total. The fourth-order valence-electron chi connectivity index (χ4n) is 0.0577. The second-order valence-corrected chi connectivity index (χ2v) is 1.34. The number of rotatable bonds is 1. The van der Waals surface area contributed by atoms with Gasteiger partial charge >= 0.3 is 9.92 Å². The molecule has 0 aliphatic heterocycles. The first-order valence-corrected chi connectivity index (χ1v) is 2.44. The molecule has 0 aromatic rings. The average Bonchev–Trinajstić information content (AvgIpc) is 1.61. The lowest BCUT2D eigenvalue weighted by Crippen LogP contribution is -1.77. The summed E-state index contributed by atoms with van der Waals surface area (Å²) >= 11 is 0. The molecule has 0 aromatic heterocycles. The SMILES string of the molecule is [C-]#[N+]O[SiH2][N+]#[C-]. The maximum Gasteiger partial charge on any atom is 0.709 e. The Morgan fingerprint density at radius 1 is 1.50 bits per heavy atom. The molecule has 0 bridgehead atoms. The maximum atomic E-state index is 6.12. The smallest absolute Gasteiger partial charge is 0.377 e. The molecule has 0 amide bonds. The number of hydrogen-bond acceptors (Lipinski definition) is 1. The minimum absolute atomic E-state index is 1.14. The first-order valence-electron chi connectivity index (χ1n) is 1.23. The van der Waals surface area contributed by atoms with E-state index in [1.165, 1.54) is 0 Å². The molecule has 0 rings (SSSR count). The normalized spacial score (nSPS) is 7.00. The van der Waals surface area contributed by atoms with E-state index in [-0.39, 0.29) is 0 Å². The van der Waals surface area contributed by atoms with Crippen LogP contribution in [0.25, 0.3) is 9.52 Å². The van der Waals surface area contributed by atoms with E-state index in [0.29, 0.717) is 0 Å². The average molecular weight is 98.1 g/mol. The van der Waals surface area contributed by atoms with Gasteiger partial charge in [-0.25, -0.2) is 0 Å². The van der Waals surface area contributed by atoms with Crippen LogP contribution in [0.2, 0.25) is 0 Å². The lowest BCUT2D eigenvalue weighted by atomic mass is 11.8. The molecule has 0 atom stereocenters. The van der Waals surface area contributed by atoms with E-state index in [4.69, 9.17) is 13.1 Å². The van der Waals surface area contributed by atoms with Crippen LogP contribution in [0, 0.1) is 13.1 Å². The summed E-state index contributed by atoms with van der Waals surface area (Å²) in [5, 5.41) is 2.52. The third-order valence-electron chi connectivity index (χ3n) is 0.187. The summed E-state index contributed by atoms with van der Waals surface area (Å²) in [4.78, 5) is 0. The van der Waals surface area contributed by atoms with Crippen LogP contribution in [-0.2, 0) is 4.53 Å². The molecule has 3 nitrogen and oxygen atoms in total. The quantitative estimate of drug-likeness (QED) is 0.191. The first kappa shape index (κ1) is 5.00. The van der Waals surface area contributed by atoms with Crippen molar-refractivity contribution in [3.8, 4) is 0 Å². The third kappa shape index (κ3) is 3.00. The van der Waals surface area contributed by atoms with E-state index >= 15 is 0 Å². The Balaban J connectivity index is 2.78. The highest BCUT2D eigenvalue weighted by atomic mass is 28.2. The van der Waals surface area contributed by atoms with Crippen molar-refractivity contribution in [1.29, 1.82) is 0 Å². The van der Waals surface area contributed by atoms with Gasteiger partial charge in [0.15, 0.2) is 0 Å². The van der Waals surface area contributed by atoms with E-state index in [0.717, 1.165) is 0 Å². The summed E-state index contributed by atoms with van der Waals surface area (Å²) in [6.07, 6.45) is 0. The summed E-state index contributed by atoms with van der Waals surface area (Å²) in [5.74, 6) is 0. The van der Waals surface area contributed by atoms with E-state index in [2.05, 4.69) is 14.0 Å². The van der Waals surface area contributed by atoms with E-state index < -0.39 is 9.92 Å². The molecule has 0 saturated carbocycles. The van der Waals surface area contributed by atoms with Gasteiger partial charge < -0.3 is 4.51 Å². The Labute approximate surface area is 38.2 Å². The fraction of sp³-hybridized carbons (Fsp3) is 0. The molecular formula is C2H2N2OSi. The van der Waals surface area contributed by atoms with Crippen molar-refractivity contribution in [2.45, 2.75) is 0 Å². The summed E-state index contributed by atoms with van der Waals surface area (Å²) < 4.78 is 6.94. The Morgan fingerprint density at radius 2 is 2.17 bits per heavy atom. The van der Waals surface area contributed by atoms with Crippen LogP contribution in [0.4, 0.5) is 0 Å². The molecule has 6 heavy (non-hydrogen) atoms. The van der Waals surface area contributed by atoms with Gasteiger partial charge in [0.25, 0.3) is 0 Å². The van der Waals surface area contributed by atoms with Crippen LogP contribution in [0.3, 0.4) is 0 Å². The molecule has 0 aromatic carbocycles. The van der Waals surface area contributed by atoms with Crippen LogP contribution >= 0.6 is 0 Å². The van der Waals surface area contributed by atoms with Gasteiger partial charge in [0.2, 0.25) is 0 Å². The molecule has 4 heteroatoms. The standard InChI is InChI=1S/C2H2N2OSi/c1-3-5-6-4-2/h6H2. The molecule has 0 heterocycles. The Hall–Kier alpha value is -1.00. The molecule has 0 aliphatic carbocycles. The largest absolute Gasteiger partial charge is 0.709 e. The van der Waals surface area contributed by atoms with Gasteiger partial charge in [-0.05, 0) is 5.01 Å². The van der Waals surface area contributed by atoms with Gasteiger partial charge in [-0.2, -0.15) is 11.1 Å². The topological polar surface area (TPSA) is 17.9 Å². The zero-order valence-electron chi connectivity index (χ0n) is 3.01. The molecule has 0 fully saturated rings. The van der Waals surface area contributed by atoms with Crippen LogP contribution in [0.5, 0.6) is 0 Å². The molecule has 30 valence electrons. The minimum atomic E-state index is -1.14. The molecule has 0 aliphatic rings. The molecule has 0 unspecified atom stereocenters. The number of hydrogen-bond donors (Lipinski definition) is 0. The van der Waals surface area contributed by atoms with Crippen LogP contribution in [-0.4, -0.2) is 9.92 Å². The molecular weight excluding hydrogens is 96.1 g/mol. The highest BCUT2D eigenvalue weighted by molar-refractivity contribution is 6.31. The highest BCUT2D eigenvalue weighted by Crippen LogP contribution is 1.66. The van der Waals surface area contributed by atoms with Crippen molar-refractivity contribution < 1.29 is 4.53 Å². The lowest BCUT2D eigenvalue weighted by molar-refractivity contribution is 0.513. The van der Waals surface area contributed by atoms with Gasteiger partial charge in [-0.1, -0.05) is 0 Å². The summed E-state index contributed by atoms with van der Waals surface area (Å²) in [6.45, 7) is 12.1. The zero-order valence-corrected chi connectivity index (χ0v) is 4.42. The molecule has 0 spiro atoms. The minimum Gasteiger partial charge on any atom is -0.377 e. The van der Waals surface area contributed by atoms with Crippen LogP contribution < -0.4 is 0 Å². The van der Waals surface area contributed by atoms with Crippen molar-refractivity contribution in [2.75, 3.05) is 0 Å².